The highest BCUT2D eigenvalue weighted by Crippen LogP contribution is 2.33. The number of amides is 1. The SMILES string of the molecule is COC(=O)C(O)c1cn2c3c(cc(F)cc13)CN(C(=O)OC(C)(C)C)CC2. The zero-order valence-electron chi connectivity index (χ0n) is 15.8. The Kier molecular flexibility index (Phi) is 4.86. The second-order valence-corrected chi connectivity index (χ2v) is 7.57. The van der Waals surface area contributed by atoms with Gasteiger partial charge in [0.1, 0.15) is 11.4 Å². The predicted octanol–water partition coefficient (Wildman–Crippen LogP) is 2.74. The van der Waals surface area contributed by atoms with Gasteiger partial charge in [-0.15, -0.1) is 0 Å². The number of ether oxygens (including phenoxy) is 2. The van der Waals surface area contributed by atoms with Crippen molar-refractivity contribution in [2.45, 2.75) is 45.6 Å². The molecule has 3 rings (SSSR count). The second kappa shape index (κ2) is 6.84. The van der Waals surface area contributed by atoms with E-state index in [0.717, 1.165) is 0 Å². The highest BCUT2D eigenvalue weighted by Gasteiger charge is 2.29. The Labute approximate surface area is 156 Å². The lowest BCUT2D eigenvalue weighted by Gasteiger charge is -2.26. The lowest BCUT2D eigenvalue weighted by molar-refractivity contribution is -0.150. The number of nitrogens with zero attached hydrogens (tertiary/aromatic N) is 2. The van der Waals surface area contributed by atoms with Crippen molar-refractivity contribution in [3.8, 4) is 0 Å². The van der Waals surface area contributed by atoms with Gasteiger partial charge in [-0.25, -0.2) is 14.0 Å². The fraction of sp³-hybridized carbons (Fsp3) is 0.474. The van der Waals surface area contributed by atoms with Crippen molar-refractivity contribution < 1.29 is 28.6 Å². The molecule has 0 radical (unpaired) electrons. The van der Waals surface area contributed by atoms with E-state index in [4.69, 9.17) is 4.74 Å². The van der Waals surface area contributed by atoms with Crippen LogP contribution in [0.3, 0.4) is 0 Å². The van der Waals surface area contributed by atoms with Crippen LogP contribution in [0.2, 0.25) is 0 Å². The number of aliphatic hydroxyl groups excluding tert-OH is 1. The molecule has 0 spiro atoms. The van der Waals surface area contributed by atoms with Crippen LogP contribution in [0, 0.1) is 5.82 Å². The maximum absolute atomic E-state index is 14.2. The molecule has 27 heavy (non-hydrogen) atoms. The van der Waals surface area contributed by atoms with Gasteiger partial charge in [0.25, 0.3) is 0 Å². The third-order valence-electron chi connectivity index (χ3n) is 4.39. The van der Waals surface area contributed by atoms with Crippen LogP contribution in [0.1, 0.15) is 38.0 Å². The summed E-state index contributed by atoms with van der Waals surface area (Å²) < 4.78 is 26.1. The molecular weight excluding hydrogens is 355 g/mol. The minimum Gasteiger partial charge on any atom is -0.467 e. The smallest absolute Gasteiger partial charge is 0.410 e. The molecular formula is C19H23FN2O5. The molecule has 0 saturated carbocycles. The summed E-state index contributed by atoms with van der Waals surface area (Å²) in [6.45, 7) is 6.29. The van der Waals surface area contributed by atoms with Gasteiger partial charge in [-0.05, 0) is 38.5 Å². The van der Waals surface area contributed by atoms with Crippen molar-refractivity contribution in [1.82, 2.24) is 9.47 Å². The third kappa shape index (κ3) is 3.75. The molecule has 2 heterocycles. The Bertz CT molecular complexity index is 900. The number of aromatic nitrogens is 1. The van der Waals surface area contributed by atoms with Crippen LogP contribution in [0.25, 0.3) is 10.9 Å². The molecule has 1 aromatic carbocycles. The standard InChI is InChI=1S/C19H23FN2O5/c1-19(2,3)27-18(25)22-6-5-21-10-14(16(23)17(24)26-4)13-8-12(20)7-11(9-22)15(13)21/h7-8,10,16,23H,5-6,9H2,1-4H3. The van der Waals surface area contributed by atoms with Gasteiger partial charge in [-0.2, -0.15) is 0 Å². The maximum atomic E-state index is 14.2. The molecule has 1 amide bonds. The molecule has 1 atom stereocenters. The zero-order valence-corrected chi connectivity index (χ0v) is 15.8. The summed E-state index contributed by atoms with van der Waals surface area (Å²) in [7, 11) is 1.18. The maximum Gasteiger partial charge on any atom is 0.410 e. The van der Waals surface area contributed by atoms with Crippen molar-refractivity contribution in [1.29, 1.82) is 0 Å². The summed E-state index contributed by atoms with van der Waals surface area (Å²) in [6.07, 6.45) is -0.372. The van der Waals surface area contributed by atoms with Gasteiger partial charge in [-0.3, -0.25) is 0 Å². The molecule has 146 valence electrons. The number of rotatable bonds is 2. The fourth-order valence-electron chi connectivity index (χ4n) is 3.27. The molecule has 1 aliphatic rings. The minimum atomic E-state index is -1.50. The molecule has 0 fully saturated rings. The molecule has 8 heteroatoms. The summed E-state index contributed by atoms with van der Waals surface area (Å²) in [5.41, 5.74) is 0.911. The van der Waals surface area contributed by atoms with Gasteiger partial charge in [0.15, 0.2) is 6.10 Å². The van der Waals surface area contributed by atoms with Crippen LogP contribution in [0.15, 0.2) is 18.3 Å². The molecule has 0 saturated heterocycles. The van der Waals surface area contributed by atoms with E-state index in [0.29, 0.717) is 29.6 Å². The molecule has 2 aromatic rings. The minimum absolute atomic E-state index is 0.168. The number of aliphatic hydroxyl groups is 1. The molecule has 7 nitrogen and oxygen atoms in total. The first kappa shape index (κ1) is 19.2. The van der Waals surface area contributed by atoms with Crippen LogP contribution in [-0.2, 0) is 27.4 Å². The molecule has 1 aliphatic heterocycles. The molecule has 0 aliphatic carbocycles. The van der Waals surface area contributed by atoms with Crippen molar-refractivity contribution in [3.05, 3.63) is 35.3 Å². The highest BCUT2D eigenvalue weighted by molar-refractivity contribution is 5.92. The molecule has 0 bridgehead atoms. The van der Waals surface area contributed by atoms with Gasteiger partial charge < -0.3 is 24.0 Å². The number of esters is 1. The van der Waals surface area contributed by atoms with Gasteiger partial charge in [-0.1, -0.05) is 0 Å². The Hall–Kier alpha value is -2.61. The number of benzene rings is 1. The normalized spacial score (nSPS) is 15.4. The number of hydrogen-bond donors (Lipinski definition) is 1. The lowest BCUT2D eigenvalue weighted by atomic mass is 10.0. The topological polar surface area (TPSA) is 81.0 Å². The Morgan fingerprint density at radius 2 is 1.96 bits per heavy atom. The van der Waals surface area contributed by atoms with E-state index in [9.17, 15) is 19.1 Å². The van der Waals surface area contributed by atoms with Crippen LogP contribution in [0.4, 0.5) is 9.18 Å². The number of carbonyl (C=O) groups excluding carboxylic acids is 2. The van der Waals surface area contributed by atoms with E-state index < -0.39 is 29.6 Å². The van der Waals surface area contributed by atoms with E-state index in [2.05, 4.69) is 4.74 Å². The monoisotopic (exact) mass is 378 g/mol. The largest absolute Gasteiger partial charge is 0.467 e. The van der Waals surface area contributed by atoms with E-state index >= 15 is 0 Å². The Morgan fingerprint density at radius 1 is 1.26 bits per heavy atom. The van der Waals surface area contributed by atoms with E-state index in [1.54, 1.807) is 27.0 Å². The average molecular weight is 378 g/mol. The van der Waals surface area contributed by atoms with Crippen molar-refractivity contribution in [3.63, 3.8) is 0 Å². The summed E-state index contributed by atoms with van der Waals surface area (Å²) >= 11 is 0. The van der Waals surface area contributed by atoms with E-state index in [1.807, 2.05) is 4.57 Å². The number of hydrogen-bond acceptors (Lipinski definition) is 5. The summed E-state index contributed by atoms with van der Waals surface area (Å²) in [4.78, 5) is 25.7. The van der Waals surface area contributed by atoms with Crippen LogP contribution >= 0.6 is 0 Å². The van der Waals surface area contributed by atoms with Gasteiger partial charge in [0.2, 0.25) is 0 Å². The van der Waals surface area contributed by atoms with Gasteiger partial charge >= 0.3 is 12.1 Å². The van der Waals surface area contributed by atoms with Crippen LogP contribution in [-0.4, -0.2) is 45.9 Å². The molecule has 1 N–H and O–H groups in total. The Balaban J connectivity index is 2.03. The van der Waals surface area contributed by atoms with Crippen molar-refractivity contribution in [2.75, 3.05) is 13.7 Å². The highest BCUT2D eigenvalue weighted by atomic mass is 19.1. The zero-order chi connectivity index (χ0) is 19.9. The lowest BCUT2D eigenvalue weighted by Crippen LogP contribution is -2.37. The molecule has 1 unspecified atom stereocenters. The first-order valence-corrected chi connectivity index (χ1v) is 8.65. The fourth-order valence-corrected chi connectivity index (χ4v) is 3.27. The first-order valence-electron chi connectivity index (χ1n) is 8.65. The third-order valence-corrected chi connectivity index (χ3v) is 4.39. The van der Waals surface area contributed by atoms with Gasteiger partial charge in [0, 0.05) is 30.2 Å². The molecule has 1 aromatic heterocycles. The second-order valence-electron chi connectivity index (χ2n) is 7.57. The van der Waals surface area contributed by atoms with Crippen LogP contribution < -0.4 is 0 Å². The van der Waals surface area contributed by atoms with Crippen molar-refractivity contribution in [2.24, 2.45) is 0 Å². The summed E-state index contributed by atoms with van der Waals surface area (Å²) in [5, 5.41) is 10.7. The number of methoxy groups -OCH3 is 1. The van der Waals surface area contributed by atoms with Crippen molar-refractivity contribution >= 4 is 23.0 Å². The van der Waals surface area contributed by atoms with E-state index in [1.165, 1.54) is 24.1 Å². The quantitative estimate of drug-likeness (QED) is 0.813. The summed E-state index contributed by atoms with van der Waals surface area (Å²) in [5.74, 6) is -1.33. The Morgan fingerprint density at radius 3 is 2.59 bits per heavy atom. The first-order chi connectivity index (χ1) is 12.6. The van der Waals surface area contributed by atoms with Crippen LogP contribution in [0.5, 0.6) is 0 Å². The van der Waals surface area contributed by atoms with E-state index in [-0.39, 0.29) is 12.1 Å². The predicted molar refractivity (Wildman–Crippen MR) is 95.5 cm³/mol. The number of carbonyl (C=O) groups is 2. The van der Waals surface area contributed by atoms with Gasteiger partial charge in [0.05, 0.1) is 19.2 Å². The summed E-state index contributed by atoms with van der Waals surface area (Å²) in [6, 6.07) is 2.63. The number of halogens is 1. The average Bonchev–Trinajstić information content (AvgIpc) is 2.82.